The monoisotopic (exact) mass is 481 g/mol. The van der Waals surface area contributed by atoms with Gasteiger partial charge < -0.3 is 19.7 Å². The van der Waals surface area contributed by atoms with Gasteiger partial charge in [0.15, 0.2) is 17.4 Å². The number of amides is 1. The molecule has 35 heavy (non-hydrogen) atoms. The van der Waals surface area contributed by atoms with Crippen molar-refractivity contribution in [2.45, 2.75) is 44.3 Å². The maximum absolute atomic E-state index is 14.9. The lowest BCUT2D eigenvalue weighted by Gasteiger charge is -2.38. The van der Waals surface area contributed by atoms with E-state index in [1.54, 1.807) is 17.0 Å². The SMILES string of the molecule is C=CC(=O)N1CC[C@H](Oc2ccc3ncnc(Nc4ccc(OC5(C)CCC5)c(F)c4F)c3n2)C1. The zero-order valence-electron chi connectivity index (χ0n) is 19.3. The number of anilines is 2. The first-order valence-electron chi connectivity index (χ1n) is 11.5. The van der Waals surface area contributed by atoms with E-state index in [1.165, 1.54) is 24.5 Å². The summed E-state index contributed by atoms with van der Waals surface area (Å²) in [4.78, 5) is 26.3. The number of fused-ring (bicyclic) bond motifs is 1. The van der Waals surface area contributed by atoms with Crippen molar-refractivity contribution in [1.82, 2.24) is 19.9 Å². The zero-order chi connectivity index (χ0) is 24.6. The third-order valence-corrected chi connectivity index (χ3v) is 6.44. The number of pyridine rings is 1. The van der Waals surface area contributed by atoms with E-state index in [-0.39, 0.29) is 29.3 Å². The van der Waals surface area contributed by atoms with E-state index in [9.17, 15) is 13.6 Å². The molecule has 3 heterocycles. The Bertz CT molecular complexity index is 1300. The summed E-state index contributed by atoms with van der Waals surface area (Å²) < 4.78 is 41.3. The highest BCUT2D eigenvalue weighted by atomic mass is 19.2. The van der Waals surface area contributed by atoms with Crippen molar-refractivity contribution in [3.05, 3.63) is 54.9 Å². The number of rotatable bonds is 7. The maximum atomic E-state index is 14.9. The predicted octanol–water partition coefficient (Wildman–Crippen LogP) is 4.53. The Hall–Kier alpha value is -3.82. The molecule has 5 rings (SSSR count). The van der Waals surface area contributed by atoms with Crippen LogP contribution in [0.2, 0.25) is 0 Å². The minimum atomic E-state index is -1.07. The average Bonchev–Trinajstić information content (AvgIpc) is 3.31. The van der Waals surface area contributed by atoms with Crippen LogP contribution in [-0.2, 0) is 4.79 Å². The molecule has 0 radical (unpaired) electrons. The molecule has 8 nitrogen and oxygen atoms in total. The normalized spacial score (nSPS) is 18.7. The first-order chi connectivity index (χ1) is 16.8. The highest BCUT2D eigenvalue weighted by Gasteiger charge is 2.35. The Labute approximate surface area is 201 Å². The number of benzene rings is 1. The molecule has 182 valence electrons. The Balaban J connectivity index is 1.36. The molecule has 0 unspecified atom stereocenters. The summed E-state index contributed by atoms with van der Waals surface area (Å²) in [7, 11) is 0. The van der Waals surface area contributed by atoms with Gasteiger partial charge in [-0.25, -0.2) is 19.3 Å². The van der Waals surface area contributed by atoms with Crippen molar-refractivity contribution in [2.24, 2.45) is 0 Å². The summed E-state index contributed by atoms with van der Waals surface area (Å²) in [6.07, 6.45) is 5.65. The minimum Gasteiger partial charge on any atom is -0.484 e. The molecule has 1 aliphatic carbocycles. The fourth-order valence-electron chi connectivity index (χ4n) is 4.28. The molecular weight excluding hydrogens is 456 g/mol. The minimum absolute atomic E-state index is 0.101. The quantitative estimate of drug-likeness (QED) is 0.496. The highest BCUT2D eigenvalue weighted by Crippen LogP contribution is 2.38. The smallest absolute Gasteiger partial charge is 0.246 e. The topological polar surface area (TPSA) is 89.5 Å². The van der Waals surface area contributed by atoms with Crippen LogP contribution in [0.15, 0.2) is 43.2 Å². The van der Waals surface area contributed by atoms with Crippen LogP contribution in [0.1, 0.15) is 32.6 Å². The lowest BCUT2D eigenvalue weighted by Crippen LogP contribution is -2.39. The van der Waals surface area contributed by atoms with Gasteiger partial charge >= 0.3 is 0 Å². The van der Waals surface area contributed by atoms with Crippen LogP contribution >= 0.6 is 0 Å². The molecule has 10 heteroatoms. The maximum Gasteiger partial charge on any atom is 0.246 e. The second-order valence-corrected chi connectivity index (χ2v) is 9.03. The molecule has 1 saturated carbocycles. The molecule has 3 aromatic rings. The van der Waals surface area contributed by atoms with Gasteiger partial charge in [-0.15, -0.1) is 0 Å². The van der Waals surface area contributed by atoms with Gasteiger partial charge in [0.1, 0.15) is 23.5 Å². The van der Waals surface area contributed by atoms with Crippen LogP contribution in [0, 0.1) is 11.6 Å². The van der Waals surface area contributed by atoms with Gasteiger partial charge in [0.2, 0.25) is 17.6 Å². The molecule has 1 atom stereocenters. The molecule has 2 aliphatic rings. The number of halogens is 2. The van der Waals surface area contributed by atoms with E-state index >= 15 is 0 Å². The molecule has 0 spiro atoms. The summed E-state index contributed by atoms with van der Waals surface area (Å²) in [5, 5.41) is 2.82. The number of carbonyl (C=O) groups excluding carboxylic acids is 1. The van der Waals surface area contributed by atoms with Gasteiger partial charge in [-0.3, -0.25) is 4.79 Å². The second-order valence-electron chi connectivity index (χ2n) is 9.03. The summed E-state index contributed by atoms with van der Waals surface area (Å²) in [6, 6.07) is 6.20. The van der Waals surface area contributed by atoms with Crippen molar-refractivity contribution in [2.75, 3.05) is 18.4 Å². The van der Waals surface area contributed by atoms with Gasteiger partial charge in [0.05, 0.1) is 17.7 Å². The molecule has 1 aromatic carbocycles. The molecule has 1 amide bonds. The van der Waals surface area contributed by atoms with E-state index in [0.717, 1.165) is 19.3 Å². The second kappa shape index (κ2) is 9.09. The number of hydrogen-bond acceptors (Lipinski definition) is 7. The van der Waals surface area contributed by atoms with Gasteiger partial charge in [-0.1, -0.05) is 6.58 Å². The summed E-state index contributed by atoms with van der Waals surface area (Å²) in [5.74, 6) is -1.86. The fourth-order valence-corrected chi connectivity index (χ4v) is 4.28. The summed E-state index contributed by atoms with van der Waals surface area (Å²) in [6.45, 7) is 6.40. The van der Waals surface area contributed by atoms with Crippen LogP contribution in [0.25, 0.3) is 11.0 Å². The van der Waals surface area contributed by atoms with Crippen molar-refractivity contribution in [3.8, 4) is 11.6 Å². The molecular formula is C25H25F2N5O3. The Morgan fingerprint density at radius 2 is 2.06 bits per heavy atom. The Kier molecular flexibility index (Phi) is 5.96. The average molecular weight is 482 g/mol. The number of nitrogens with one attached hydrogen (secondary N) is 1. The summed E-state index contributed by atoms with van der Waals surface area (Å²) >= 11 is 0. The van der Waals surface area contributed by atoms with Crippen LogP contribution in [0.3, 0.4) is 0 Å². The van der Waals surface area contributed by atoms with E-state index in [0.29, 0.717) is 36.4 Å². The molecule has 1 aliphatic heterocycles. The highest BCUT2D eigenvalue weighted by molar-refractivity contribution is 5.88. The number of aromatic nitrogens is 3. The van der Waals surface area contributed by atoms with Gasteiger partial charge in [0, 0.05) is 19.0 Å². The third kappa shape index (κ3) is 4.60. The summed E-state index contributed by atoms with van der Waals surface area (Å²) in [5.41, 5.74) is 0.282. The predicted molar refractivity (Wildman–Crippen MR) is 126 cm³/mol. The van der Waals surface area contributed by atoms with Crippen LogP contribution < -0.4 is 14.8 Å². The van der Waals surface area contributed by atoms with Crippen LogP contribution in [0.4, 0.5) is 20.3 Å². The lowest BCUT2D eigenvalue weighted by molar-refractivity contribution is -0.125. The number of hydrogen-bond donors (Lipinski definition) is 1. The van der Waals surface area contributed by atoms with Crippen molar-refractivity contribution in [1.29, 1.82) is 0 Å². The van der Waals surface area contributed by atoms with E-state index in [1.807, 2.05) is 6.92 Å². The number of likely N-dealkylation sites (tertiary alicyclic amines) is 1. The van der Waals surface area contributed by atoms with Gasteiger partial charge in [0.25, 0.3) is 0 Å². The van der Waals surface area contributed by atoms with E-state index in [4.69, 9.17) is 9.47 Å². The third-order valence-electron chi connectivity index (χ3n) is 6.44. The number of ether oxygens (including phenoxy) is 2. The largest absolute Gasteiger partial charge is 0.484 e. The molecule has 2 fully saturated rings. The lowest BCUT2D eigenvalue weighted by atomic mass is 9.82. The van der Waals surface area contributed by atoms with Crippen molar-refractivity contribution < 1.29 is 23.0 Å². The standard InChI is InChI=1S/C25H25F2N5O3/c1-3-20(33)32-12-9-15(13-32)34-19-8-6-17-23(31-19)24(29-14-28-17)30-16-5-7-18(22(27)21(16)26)35-25(2)10-4-11-25/h3,5-8,14-15H,1,4,9-13H2,2H3,(H,28,29,30)/t15-/m0/s1. The van der Waals surface area contributed by atoms with Crippen molar-refractivity contribution >= 4 is 28.4 Å². The van der Waals surface area contributed by atoms with Crippen molar-refractivity contribution in [3.63, 3.8) is 0 Å². The van der Waals surface area contributed by atoms with Crippen LogP contribution in [0.5, 0.6) is 11.6 Å². The molecule has 1 N–H and O–H groups in total. The first kappa shape index (κ1) is 22.9. The number of carbonyl (C=O) groups is 1. The number of nitrogens with zero attached hydrogens (tertiary/aromatic N) is 4. The molecule has 1 saturated heterocycles. The molecule has 2 aromatic heterocycles. The molecule has 0 bridgehead atoms. The van der Waals surface area contributed by atoms with Gasteiger partial charge in [-0.2, -0.15) is 4.39 Å². The Morgan fingerprint density at radius 1 is 1.23 bits per heavy atom. The zero-order valence-corrected chi connectivity index (χ0v) is 19.3. The van der Waals surface area contributed by atoms with E-state index in [2.05, 4.69) is 26.8 Å². The fraction of sp³-hybridized carbons (Fsp3) is 0.360. The first-order valence-corrected chi connectivity index (χ1v) is 11.5. The van der Waals surface area contributed by atoms with E-state index < -0.39 is 17.2 Å². The Morgan fingerprint density at radius 3 is 2.80 bits per heavy atom. The van der Waals surface area contributed by atoms with Gasteiger partial charge in [-0.05, 0) is 50.5 Å². The van der Waals surface area contributed by atoms with Crippen LogP contribution in [-0.4, -0.2) is 50.6 Å².